The predicted octanol–water partition coefficient (Wildman–Crippen LogP) is 3.43. The monoisotopic (exact) mass is 445 g/mol. The Morgan fingerprint density at radius 2 is 1.32 bits per heavy atom. The van der Waals surface area contributed by atoms with Crippen LogP contribution in [0.3, 0.4) is 0 Å². The maximum atomic E-state index is 11.4. The fourth-order valence-electron chi connectivity index (χ4n) is 4.11. The van der Waals surface area contributed by atoms with Crippen molar-refractivity contribution in [1.29, 1.82) is 0 Å². The zero-order valence-corrected chi connectivity index (χ0v) is 19.8. The number of hydrogen-bond donors (Lipinski definition) is 4. The van der Waals surface area contributed by atoms with Crippen molar-refractivity contribution in [3.63, 3.8) is 0 Å². The SMILES string of the molecule is CCCCCCCCCCCCCCCCO[C@@H]1O[C@H](CO)[C@H](O)[C@H](O)[C@@H]1NC(C)=O. The van der Waals surface area contributed by atoms with Gasteiger partial charge in [-0.05, 0) is 6.42 Å². The lowest BCUT2D eigenvalue weighted by atomic mass is 9.97. The molecule has 1 saturated heterocycles. The molecule has 0 aromatic heterocycles. The van der Waals surface area contributed by atoms with Crippen molar-refractivity contribution < 1.29 is 29.6 Å². The minimum atomic E-state index is -1.28. The first-order valence-corrected chi connectivity index (χ1v) is 12.5. The number of carbonyl (C=O) groups is 1. The van der Waals surface area contributed by atoms with E-state index in [0.29, 0.717) is 6.61 Å². The van der Waals surface area contributed by atoms with E-state index in [1.54, 1.807) is 0 Å². The van der Waals surface area contributed by atoms with Crippen molar-refractivity contribution in [3.05, 3.63) is 0 Å². The molecule has 5 atom stereocenters. The third-order valence-corrected chi connectivity index (χ3v) is 6.03. The van der Waals surface area contributed by atoms with Crippen LogP contribution in [0.5, 0.6) is 0 Å². The van der Waals surface area contributed by atoms with Gasteiger partial charge in [0.05, 0.1) is 6.61 Å². The molecule has 4 N–H and O–H groups in total. The maximum absolute atomic E-state index is 11.4. The zero-order chi connectivity index (χ0) is 22.9. The smallest absolute Gasteiger partial charge is 0.217 e. The lowest BCUT2D eigenvalue weighted by Gasteiger charge is -2.42. The summed E-state index contributed by atoms with van der Waals surface area (Å²) >= 11 is 0. The molecule has 1 aliphatic rings. The van der Waals surface area contributed by atoms with Crippen molar-refractivity contribution >= 4 is 5.91 Å². The van der Waals surface area contributed by atoms with E-state index in [2.05, 4.69) is 12.2 Å². The summed E-state index contributed by atoms with van der Waals surface area (Å²) in [7, 11) is 0. The van der Waals surface area contributed by atoms with Crippen LogP contribution < -0.4 is 5.32 Å². The summed E-state index contributed by atoms with van der Waals surface area (Å²) in [6.45, 7) is 3.61. The number of nitrogens with one attached hydrogen (secondary N) is 1. The first-order chi connectivity index (χ1) is 15.0. The van der Waals surface area contributed by atoms with Crippen molar-refractivity contribution in [2.24, 2.45) is 0 Å². The van der Waals surface area contributed by atoms with E-state index in [4.69, 9.17) is 9.47 Å². The molecular weight excluding hydrogens is 398 g/mol. The van der Waals surface area contributed by atoms with Crippen molar-refractivity contribution in [2.45, 2.75) is 134 Å². The fraction of sp³-hybridized carbons (Fsp3) is 0.958. The molecule has 7 heteroatoms. The highest BCUT2D eigenvalue weighted by Gasteiger charge is 2.45. The number of aliphatic hydroxyl groups excluding tert-OH is 3. The van der Waals surface area contributed by atoms with Gasteiger partial charge in [0.1, 0.15) is 24.4 Å². The van der Waals surface area contributed by atoms with Gasteiger partial charge in [0.25, 0.3) is 0 Å². The van der Waals surface area contributed by atoms with Crippen LogP contribution in [0.1, 0.15) is 104 Å². The van der Waals surface area contributed by atoms with Gasteiger partial charge in [-0.1, -0.05) is 90.4 Å². The minimum Gasteiger partial charge on any atom is -0.394 e. The van der Waals surface area contributed by atoms with E-state index >= 15 is 0 Å². The van der Waals surface area contributed by atoms with E-state index in [9.17, 15) is 20.1 Å². The second-order valence-corrected chi connectivity index (χ2v) is 8.90. The van der Waals surface area contributed by atoms with E-state index in [1.165, 1.54) is 84.0 Å². The Morgan fingerprint density at radius 3 is 1.77 bits per heavy atom. The molecule has 0 spiro atoms. The number of ether oxygens (including phenoxy) is 2. The Bertz CT molecular complexity index is 450. The highest BCUT2D eigenvalue weighted by Crippen LogP contribution is 2.22. The molecular formula is C24H47NO6. The summed E-state index contributed by atoms with van der Waals surface area (Å²) < 4.78 is 11.3. The Morgan fingerprint density at radius 1 is 0.839 bits per heavy atom. The van der Waals surface area contributed by atoms with Crippen LogP contribution in [0.15, 0.2) is 0 Å². The Labute approximate surface area is 188 Å². The molecule has 31 heavy (non-hydrogen) atoms. The van der Waals surface area contributed by atoms with Crippen molar-refractivity contribution in [2.75, 3.05) is 13.2 Å². The average Bonchev–Trinajstić information content (AvgIpc) is 2.75. The van der Waals surface area contributed by atoms with Gasteiger partial charge in [-0.3, -0.25) is 4.79 Å². The molecule has 0 aromatic rings. The van der Waals surface area contributed by atoms with Gasteiger partial charge in [0.2, 0.25) is 5.91 Å². The van der Waals surface area contributed by atoms with Gasteiger partial charge in [0, 0.05) is 13.5 Å². The minimum absolute atomic E-state index is 0.340. The molecule has 0 bridgehead atoms. The standard InChI is InChI=1S/C24H47NO6/c1-3-4-5-6-7-8-9-10-11-12-13-14-15-16-17-30-24-21(25-19(2)27)23(29)22(28)20(18-26)31-24/h20-24,26,28-29H,3-18H2,1-2H3,(H,25,27)/t20-,21+,22+,23-,24-/m1/s1. The second kappa shape index (κ2) is 17.8. The van der Waals surface area contributed by atoms with Gasteiger partial charge in [-0.15, -0.1) is 0 Å². The van der Waals surface area contributed by atoms with Gasteiger partial charge >= 0.3 is 0 Å². The third kappa shape index (κ3) is 12.2. The molecule has 0 aromatic carbocycles. The highest BCUT2D eigenvalue weighted by atomic mass is 16.7. The summed E-state index contributed by atoms with van der Waals surface area (Å²) in [5.74, 6) is -0.340. The van der Waals surface area contributed by atoms with Gasteiger partial charge in [0.15, 0.2) is 6.29 Å². The number of aliphatic hydroxyl groups is 3. The maximum Gasteiger partial charge on any atom is 0.217 e. The van der Waals surface area contributed by atoms with Gasteiger partial charge < -0.3 is 30.1 Å². The van der Waals surface area contributed by atoms with E-state index in [0.717, 1.165) is 12.8 Å². The average molecular weight is 446 g/mol. The molecule has 7 nitrogen and oxygen atoms in total. The molecule has 184 valence electrons. The number of rotatable bonds is 18. The molecule has 0 saturated carbocycles. The van der Waals surface area contributed by atoms with Gasteiger partial charge in [-0.25, -0.2) is 0 Å². The molecule has 1 aliphatic heterocycles. The first kappa shape index (κ1) is 28.3. The predicted molar refractivity (Wildman–Crippen MR) is 122 cm³/mol. The van der Waals surface area contributed by atoms with Crippen LogP contribution in [-0.2, 0) is 14.3 Å². The van der Waals surface area contributed by atoms with Crippen LogP contribution >= 0.6 is 0 Å². The van der Waals surface area contributed by atoms with Crippen LogP contribution in [0.4, 0.5) is 0 Å². The Hall–Kier alpha value is -0.730. The molecule has 1 heterocycles. The van der Waals surface area contributed by atoms with Crippen LogP contribution in [0.2, 0.25) is 0 Å². The summed E-state index contributed by atoms with van der Waals surface area (Å²) in [5.41, 5.74) is 0. The quantitative estimate of drug-likeness (QED) is 0.241. The second-order valence-electron chi connectivity index (χ2n) is 8.90. The number of unbranched alkanes of at least 4 members (excludes halogenated alkanes) is 13. The normalized spacial score (nSPS) is 26.2. The number of amides is 1. The number of carbonyl (C=O) groups excluding carboxylic acids is 1. The Balaban J connectivity index is 2.07. The summed E-state index contributed by atoms with van der Waals surface area (Å²) in [5, 5.41) is 32.2. The molecule has 0 radical (unpaired) electrons. The highest BCUT2D eigenvalue weighted by molar-refractivity contribution is 5.73. The van der Waals surface area contributed by atoms with Crippen molar-refractivity contribution in [3.8, 4) is 0 Å². The van der Waals surface area contributed by atoms with Crippen LogP contribution in [0.25, 0.3) is 0 Å². The largest absolute Gasteiger partial charge is 0.394 e. The molecule has 1 rings (SSSR count). The van der Waals surface area contributed by atoms with E-state index in [-0.39, 0.29) is 5.91 Å². The lowest BCUT2D eigenvalue weighted by Crippen LogP contribution is -2.64. The zero-order valence-electron chi connectivity index (χ0n) is 19.8. The third-order valence-electron chi connectivity index (χ3n) is 6.03. The molecule has 1 amide bonds. The topological polar surface area (TPSA) is 108 Å². The molecule has 0 aliphatic carbocycles. The molecule has 1 fully saturated rings. The molecule has 0 unspecified atom stereocenters. The van der Waals surface area contributed by atoms with Gasteiger partial charge in [-0.2, -0.15) is 0 Å². The van der Waals surface area contributed by atoms with E-state index in [1.807, 2.05) is 0 Å². The van der Waals surface area contributed by atoms with Crippen LogP contribution in [0, 0.1) is 0 Å². The lowest BCUT2D eigenvalue weighted by molar-refractivity contribution is -0.270. The summed E-state index contributed by atoms with van der Waals surface area (Å²) in [6.07, 6.45) is 13.6. The first-order valence-electron chi connectivity index (χ1n) is 12.5. The Kier molecular flexibility index (Phi) is 16.2. The fourth-order valence-corrected chi connectivity index (χ4v) is 4.11. The summed E-state index contributed by atoms with van der Waals surface area (Å²) in [4.78, 5) is 11.4. The van der Waals surface area contributed by atoms with Crippen molar-refractivity contribution in [1.82, 2.24) is 5.32 Å². The number of hydrogen-bond acceptors (Lipinski definition) is 6. The summed E-state index contributed by atoms with van der Waals surface area (Å²) in [6, 6.07) is -0.859. The van der Waals surface area contributed by atoms with E-state index < -0.39 is 37.3 Å². The van der Waals surface area contributed by atoms with Crippen LogP contribution in [-0.4, -0.2) is 65.1 Å².